The molecule has 0 unspecified atom stereocenters. The minimum absolute atomic E-state index is 0.641. The molecule has 0 amide bonds. The third kappa shape index (κ3) is 14.9. The monoisotopic (exact) mass is 333 g/mol. The lowest BCUT2D eigenvalue weighted by molar-refractivity contribution is -0.00913. The molecule has 126 valence electrons. The smallest absolute Gasteiger partial charge is 0.160 e. The first-order valence-corrected chi connectivity index (χ1v) is 9.96. The molecule has 0 aliphatic rings. The summed E-state index contributed by atoms with van der Waals surface area (Å²) in [5.74, 6) is 2.62. The van der Waals surface area contributed by atoms with Crippen molar-refractivity contribution in [3.05, 3.63) is 0 Å². The zero-order chi connectivity index (χ0) is 16.1. The van der Waals surface area contributed by atoms with Crippen LogP contribution in [-0.4, -0.2) is 26.9 Å². The van der Waals surface area contributed by atoms with Crippen LogP contribution < -0.4 is 0 Å². The second-order valence-corrected chi connectivity index (χ2v) is 8.45. The van der Waals surface area contributed by atoms with Gasteiger partial charge in [0.1, 0.15) is 0 Å². The Morgan fingerprint density at radius 2 is 1.43 bits per heavy atom. The van der Waals surface area contributed by atoms with Crippen molar-refractivity contribution in [1.82, 2.24) is 5.06 Å². The van der Waals surface area contributed by atoms with Gasteiger partial charge < -0.3 is 0 Å². The zero-order valence-corrected chi connectivity index (χ0v) is 16.1. The van der Waals surface area contributed by atoms with Crippen molar-refractivity contribution in [2.75, 3.05) is 12.3 Å². The topological polar surface area (TPSA) is 23.5 Å². The Bertz CT molecular complexity index is 257. The van der Waals surface area contributed by atoms with Crippen LogP contribution in [0.1, 0.15) is 79.1 Å². The van der Waals surface area contributed by atoms with Gasteiger partial charge in [-0.2, -0.15) is 0 Å². The molecule has 0 spiro atoms. The Hall–Kier alpha value is 0.200. The van der Waals surface area contributed by atoms with Crippen molar-refractivity contribution in [2.24, 2.45) is 11.8 Å². The van der Waals surface area contributed by atoms with Crippen LogP contribution in [0.5, 0.6) is 0 Å². The van der Waals surface area contributed by atoms with Gasteiger partial charge in [0.2, 0.25) is 0 Å². The molecule has 4 heteroatoms. The summed E-state index contributed by atoms with van der Waals surface area (Å²) in [6.45, 7) is 9.73. The fourth-order valence-electron chi connectivity index (χ4n) is 2.15. The molecule has 0 aliphatic heterocycles. The maximum Gasteiger partial charge on any atom is 0.160 e. The first-order valence-electron chi connectivity index (χ1n) is 8.56. The number of thiocarbonyl (C=S) groups is 1. The second-order valence-electron chi connectivity index (χ2n) is 6.72. The van der Waals surface area contributed by atoms with Crippen molar-refractivity contribution in [2.45, 2.75) is 79.1 Å². The van der Waals surface area contributed by atoms with Gasteiger partial charge in [-0.05, 0) is 24.7 Å². The van der Waals surface area contributed by atoms with Crippen LogP contribution in [0.25, 0.3) is 0 Å². The molecular formula is C17H35NOS2. The Labute approximate surface area is 142 Å². The van der Waals surface area contributed by atoms with Crippen LogP contribution in [-0.2, 0) is 0 Å². The fraction of sp³-hybridized carbons (Fsp3) is 0.941. The highest BCUT2D eigenvalue weighted by Gasteiger charge is 2.06. The predicted molar refractivity (Wildman–Crippen MR) is 100 cm³/mol. The van der Waals surface area contributed by atoms with Crippen LogP contribution in [0.15, 0.2) is 0 Å². The van der Waals surface area contributed by atoms with Crippen LogP contribution >= 0.6 is 24.0 Å². The molecule has 0 bridgehead atoms. The van der Waals surface area contributed by atoms with Gasteiger partial charge in [0.15, 0.2) is 4.32 Å². The van der Waals surface area contributed by atoms with E-state index in [1.54, 1.807) is 11.8 Å². The summed E-state index contributed by atoms with van der Waals surface area (Å²) in [5.41, 5.74) is 0. The first kappa shape index (κ1) is 21.2. The summed E-state index contributed by atoms with van der Waals surface area (Å²) in [5, 5.41) is 11.1. The number of hydrogen-bond donors (Lipinski definition) is 1. The molecule has 2 nitrogen and oxygen atoms in total. The van der Waals surface area contributed by atoms with E-state index in [9.17, 15) is 5.21 Å². The summed E-state index contributed by atoms with van der Waals surface area (Å²) in [7, 11) is 0. The molecule has 0 heterocycles. The molecule has 0 aromatic rings. The SMILES string of the molecule is CC(C)CCCCCSC(=S)N(O)CCCCCC(C)C. The fourth-order valence-corrected chi connectivity index (χ4v) is 3.25. The molecule has 1 N–H and O–H groups in total. The highest BCUT2D eigenvalue weighted by molar-refractivity contribution is 8.22. The number of unbranched alkanes of at least 4 members (excludes halogenated alkanes) is 4. The number of hydrogen-bond acceptors (Lipinski definition) is 3. The van der Waals surface area contributed by atoms with E-state index in [0.717, 1.165) is 24.0 Å². The molecule has 0 aromatic heterocycles. The Kier molecular flexibility index (Phi) is 14.0. The van der Waals surface area contributed by atoms with Gasteiger partial charge in [0.25, 0.3) is 0 Å². The molecule has 0 saturated heterocycles. The molecule has 0 aliphatic carbocycles. The summed E-state index contributed by atoms with van der Waals surface area (Å²) in [4.78, 5) is 0. The van der Waals surface area contributed by atoms with Gasteiger partial charge >= 0.3 is 0 Å². The normalized spacial score (nSPS) is 11.4. The van der Waals surface area contributed by atoms with Crippen molar-refractivity contribution >= 4 is 28.3 Å². The average molecular weight is 334 g/mol. The van der Waals surface area contributed by atoms with Gasteiger partial charge in [-0.1, -0.05) is 90.2 Å². The Balaban J connectivity index is 3.44. The highest BCUT2D eigenvalue weighted by Crippen LogP contribution is 2.15. The average Bonchev–Trinajstić information content (AvgIpc) is 2.41. The van der Waals surface area contributed by atoms with Crippen molar-refractivity contribution in [1.29, 1.82) is 0 Å². The molecule has 0 saturated carbocycles. The third-order valence-electron chi connectivity index (χ3n) is 3.51. The quantitative estimate of drug-likeness (QED) is 0.264. The van der Waals surface area contributed by atoms with Gasteiger partial charge in [0, 0.05) is 12.3 Å². The van der Waals surface area contributed by atoms with Crippen LogP contribution in [0.2, 0.25) is 0 Å². The van der Waals surface area contributed by atoms with Crippen molar-refractivity contribution < 1.29 is 5.21 Å². The summed E-state index contributed by atoms with van der Waals surface area (Å²) >= 11 is 6.87. The number of thioether (sulfide) groups is 1. The van der Waals surface area contributed by atoms with Crippen LogP contribution in [0.4, 0.5) is 0 Å². The van der Waals surface area contributed by atoms with Crippen molar-refractivity contribution in [3.63, 3.8) is 0 Å². The number of rotatable bonds is 12. The molecule has 21 heavy (non-hydrogen) atoms. The molecule has 0 aromatic carbocycles. The van der Waals surface area contributed by atoms with Gasteiger partial charge in [-0.25, -0.2) is 5.06 Å². The number of hydroxylamine groups is 2. The lowest BCUT2D eigenvalue weighted by atomic mass is 10.1. The lowest BCUT2D eigenvalue weighted by Crippen LogP contribution is -2.24. The van der Waals surface area contributed by atoms with E-state index in [2.05, 4.69) is 27.7 Å². The van der Waals surface area contributed by atoms with E-state index in [0.29, 0.717) is 10.9 Å². The zero-order valence-electron chi connectivity index (χ0n) is 14.4. The maximum absolute atomic E-state index is 9.87. The second kappa shape index (κ2) is 13.8. The van der Waals surface area contributed by atoms with Crippen molar-refractivity contribution in [3.8, 4) is 0 Å². The Morgan fingerprint density at radius 1 is 0.905 bits per heavy atom. The van der Waals surface area contributed by atoms with Crippen LogP contribution in [0, 0.1) is 11.8 Å². The predicted octanol–water partition coefficient (Wildman–Crippen LogP) is 6.13. The summed E-state index contributed by atoms with van der Waals surface area (Å²) in [6, 6.07) is 0. The lowest BCUT2D eigenvalue weighted by Gasteiger charge is -2.17. The minimum atomic E-state index is 0.641. The summed E-state index contributed by atoms with van der Waals surface area (Å²) < 4.78 is 0.641. The van der Waals surface area contributed by atoms with E-state index >= 15 is 0 Å². The highest BCUT2D eigenvalue weighted by atomic mass is 32.2. The molecule has 0 fully saturated rings. The van der Waals surface area contributed by atoms with Crippen LogP contribution in [0.3, 0.4) is 0 Å². The van der Waals surface area contributed by atoms with E-state index in [1.165, 1.54) is 50.0 Å². The largest absolute Gasteiger partial charge is 0.287 e. The molecule has 0 rings (SSSR count). The van der Waals surface area contributed by atoms with E-state index < -0.39 is 0 Å². The summed E-state index contributed by atoms with van der Waals surface area (Å²) in [6.07, 6.45) is 9.83. The van der Waals surface area contributed by atoms with E-state index in [1.807, 2.05) is 0 Å². The van der Waals surface area contributed by atoms with Gasteiger partial charge in [0.05, 0.1) is 0 Å². The Morgan fingerprint density at radius 3 is 1.95 bits per heavy atom. The maximum atomic E-state index is 9.87. The van der Waals surface area contributed by atoms with E-state index in [4.69, 9.17) is 12.2 Å². The minimum Gasteiger partial charge on any atom is -0.287 e. The standard InChI is InChI=1S/C17H35NOS2/c1-15(2)11-7-5-9-13-18(19)17(20)21-14-10-6-8-12-16(3)4/h15-16,19H,5-14H2,1-4H3. The molecule has 0 atom stereocenters. The van der Waals surface area contributed by atoms with Gasteiger partial charge in [-0.15, -0.1) is 0 Å². The molecular weight excluding hydrogens is 298 g/mol. The van der Waals surface area contributed by atoms with E-state index in [-0.39, 0.29) is 0 Å². The third-order valence-corrected chi connectivity index (χ3v) is 5.03. The molecule has 0 radical (unpaired) electrons. The van der Waals surface area contributed by atoms with Gasteiger partial charge in [-0.3, -0.25) is 5.21 Å². The number of nitrogens with zero attached hydrogens (tertiary/aromatic N) is 1. The first-order chi connectivity index (χ1) is 9.93.